The molecule has 0 saturated carbocycles. The van der Waals surface area contributed by atoms with Crippen LogP contribution in [0.15, 0.2) is 58.3 Å². The Bertz CT molecular complexity index is 1470. The minimum absolute atomic E-state index is 0.0632. The van der Waals surface area contributed by atoms with Crippen LogP contribution in [-0.2, 0) is 15.8 Å². The van der Waals surface area contributed by atoms with Crippen LogP contribution in [0.4, 0.5) is 11.4 Å². The summed E-state index contributed by atoms with van der Waals surface area (Å²) in [6.45, 7) is 1.74. The van der Waals surface area contributed by atoms with Gasteiger partial charge in [0.05, 0.1) is 21.2 Å². The number of hydrogen-bond acceptors (Lipinski definition) is 8. The first-order valence-electron chi connectivity index (χ1n) is 11.6. The van der Waals surface area contributed by atoms with Crippen molar-refractivity contribution >= 4 is 55.5 Å². The van der Waals surface area contributed by atoms with Gasteiger partial charge < -0.3 is 10.0 Å². The van der Waals surface area contributed by atoms with E-state index in [-0.39, 0.29) is 10.6 Å². The molecule has 0 amide bonds. The molecule has 0 unspecified atom stereocenters. The van der Waals surface area contributed by atoms with E-state index in [1.807, 2.05) is 6.07 Å². The molecular weight excluding hydrogens is 520 g/mol. The molecule has 36 heavy (non-hydrogen) atoms. The Morgan fingerprint density at radius 3 is 2.53 bits per heavy atom. The maximum Gasteiger partial charge on any atom is 0.262 e. The molecule has 1 saturated heterocycles. The van der Waals surface area contributed by atoms with E-state index in [1.54, 1.807) is 36.4 Å². The van der Waals surface area contributed by atoms with Crippen LogP contribution in [0.3, 0.4) is 0 Å². The number of halogens is 1. The number of aromatic amines is 1. The molecule has 4 aromatic rings. The van der Waals surface area contributed by atoms with Crippen LogP contribution in [-0.4, -0.2) is 47.2 Å². The van der Waals surface area contributed by atoms with Crippen molar-refractivity contribution in [1.29, 1.82) is 0 Å². The Morgan fingerprint density at radius 2 is 1.81 bits per heavy atom. The number of thioether (sulfide) groups is 1. The number of hydrogen-bond donors (Lipinski definition) is 3. The number of aromatic nitrogens is 4. The lowest BCUT2D eigenvalue weighted by atomic mass is 10.1. The summed E-state index contributed by atoms with van der Waals surface area (Å²) in [4.78, 5) is 2.78. The summed E-state index contributed by atoms with van der Waals surface area (Å²) >= 11 is 7.66. The Hall–Kier alpha value is -3.02. The zero-order valence-electron chi connectivity index (χ0n) is 19.3. The van der Waals surface area contributed by atoms with Gasteiger partial charge in [0.15, 0.2) is 5.82 Å². The molecule has 0 bridgehead atoms. The van der Waals surface area contributed by atoms with Crippen molar-refractivity contribution in [2.24, 2.45) is 0 Å². The van der Waals surface area contributed by atoms with Gasteiger partial charge in [0.1, 0.15) is 5.75 Å². The van der Waals surface area contributed by atoms with E-state index in [4.69, 9.17) is 11.6 Å². The maximum atomic E-state index is 13.6. The summed E-state index contributed by atoms with van der Waals surface area (Å²) in [7, 11) is -3.98. The third-order valence-electron chi connectivity index (χ3n) is 6.11. The second kappa shape index (κ2) is 10.5. The molecule has 3 N–H and O–H groups in total. The smallest absolute Gasteiger partial charge is 0.262 e. The van der Waals surface area contributed by atoms with E-state index in [1.165, 1.54) is 30.7 Å². The number of aromatic hydroxyl groups is 1. The summed E-state index contributed by atoms with van der Waals surface area (Å²) in [6, 6.07) is 13.7. The lowest BCUT2D eigenvalue weighted by Gasteiger charge is -2.23. The highest BCUT2D eigenvalue weighted by Crippen LogP contribution is 2.41. The van der Waals surface area contributed by atoms with Gasteiger partial charge in [-0.2, -0.15) is 5.21 Å². The van der Waals surface area contributed by atoms with Crippen molar-refractivity contribution in [2.75, 3.05) is 22.7 Å². The lowest BCUT2D eigenvalue weighted by molar-refractivity contribution is 0.469. The van der Waals surface area contributed by atoms with Crippen molar-refractivity contribution in [3.05, 3.63) is 59.4 Å². The molecule has 0 spiro atoms. The molecule has 1 aromatic heterocycles. The Kier molecular flexibility index (Phi) is 7.22. The first kappa shape index (κ1) is 24.7. The highest BCUT2D eigenvalue weighted by atomic mass is 35.5. The van der Waals surface area contributed by atoms with Crippen LogP contribution in [0.25, 0.3) is 10.8 Å². The van der Waals surface area contributed by atoms with Gasteiger partial charge in [0, 0.05) is 34.6 Å². The van der Waals surface area contributed by atoms with Crippen LogP contribution < -0.4 is 9.62 Å². The molecule has 188 valence electrons. The van der Waals surface area contributed by atoms with Crippen LogP contribution in [0.5, 0.6) is 5.75 Å². The molecule has 1 fully saturated rings. The topological polar surface area (TPSA) is 124 Å². The van der Waals surface area contributed by atoms with Gasteiger partial charge in [-0.3, -0.25) is 4.72 Å². The van der Waals surface area contributed by atoms with Gasteiger partial charge in [0.2, 0.25) is 0 Å². The largest absolute Gasteiger partial charge is 0.506 e. The second-order valence-corrected chi connectivity index (χ2v) is 11.7. The average Bonchev–Trinajstić information content (AvgIpc) is 3.24. The van der Waals surface area contributed by atoms with Crippen LogP contribution in [0.1, 0.15) is 31.5 Å². The number of sulfonamides is 1. The SMILES string of the molecule is O=S(=O)(Nc1cc(SCc2nn[nH]n2)c(O)c2ccccc12)c1cc(Cl)cc(N2CCCCCC2)c1. The van der Waals surface area contributed by atoms with Crippen LogP contribution in [0.2, 0.25) is 5.02 Å². The van der Waals surface area contributed by atoms with Gasteiger partial charge in [0.25, 0.3) is 10.0 Å². The third kappa shape index (κ3) is 5.37. The van der Waals surface area contributed by atoms with Gasteiger partial charge in [-0.25, -0.2) is 8.42 Å². The Morgan fingerprint density at radius 1 is 1.06 bits per heavy atom. The van der Waals surface area contributed by atoms with Crippen molar-refractivity contribution in [1.82, 2.24) is 20.6 Å². The zero-order chi connectivity index (χ0) is 25.1. The van der Waals surface area contributed by atoms with E-state index in [0.29, 0.717) is 38.0 Å². The van der Waals surface area contributed by atoms with Gasteiger partial charge >= 0.3 is 0 Å². The van der Waals surface area contributed by atoms with Crippen molar-refractivity contribution < 1.29 is 13.5 Å². The highest BCUT2D eigenvalue weighted by Gasteiger charge is 2.21. The van der Waals surface area contributed by atoms with E-state index in [9.17, 15) is 13.5 Å². The van der Waals surface area contributed by atoms with E-state index >= 15 is 0 Å². The number of tetrazole rings is 1. The molecule has 9 nitrogen and oxygen atoms in total. The molecule has 0 aliphatic carbocycles. The standard InChI is InChI=1S/C24H25ClN6O3S2/c25-16-11-17(31-9-5-1-2-6-10-31)13-18(12-16)36(33,34)28-21-14-22(35-15-23-26-29-30-27-23)24(32)20-8-4-3-7-19(20)21/h3-4,7-8,11-14,28,32H,1-2,5-6,9-10,15H2,(H,26,27,29,30). The normalized spacial score (nSPS) is 14.6. The zero-order valence-corrected chi connectivity index (χ0v) is 21.7. The molecule has 0 radical (unpaired) electrons. The first-order chi connectivity index (χ1) is 17.4. The quantitative estimate of drug-likeness (QED) is 0.214. The summed E-state index contributed by atoms with van der Waals surface area (Å²) in [5, 5.41) is 26.1. The number of phenolic OH excluding ortho intramolecular Hbond substituents is 1. The fraction of sp³-hybridized carbons (Fsp3) is 0.292. The maximum absolute atomic E-state index is 13.6. The third-order valence-corrected chi connectivity index (χ3v) is 8.70. The van der Waals surface area contributed by atoms with Crippen LogP contribution >= 0.6 is 23.4 Å². The molecule has 2 heterocycles. The molecule has 1 aliphatic heterocycles. The van der Waals surface area contributed by atoms with Gasteiger partial charge in [-0.1, -0.05) is 53.9 Å². The molecule has 0 atom stereocenters. The highest BCUT2D eigenvalue weighted by molar-refractivity contribution is 7.98. The van der Waals surface area contributed by atoms with Crippen molar-refractivity contribution in [3.63, 3.8) is 0 Å². The summed E-state index contributed by atoms with van der Waals surface area (Å²) in [5.41, 5.74) is 1.16. The predicted molar refractivity (Wildman–Crippen MR) is 142 cm³/mol. The number of rotatable bonds is 7. The van der Waals surface area contributed by atoms with Gasteiger partial charge in [-0.15, -0.1) is 22.0 Å². The number of phenols is 1. The van der Waals surface area contributed by atoms with E-state index in [0.717, 1.165) is 31.6 Å². The molecule has 5 rings (SSSR count). The molecule has 1 aliphatic rings. The average molecular weight is 545 g/mol. The number of nitrogens with zero attached hydrogens (tertiary/aromatic N) is 4. The number of nitrogens with one attached hydrogen (secondary N) is 2. The molecular formula is C24H25ClN6O3S2. The fourth-order valence-corrected chi connectivity index (χ4v) is 6.62. The molecule has 12 heteroatoms. The number of H-pyrrole nitrogens is 1. The lowest BCUT2D eigenvalue weighted by Crippen LogP contribution is -2.24. The molecule has 3 aromatic carbocycles. The van der Waals surface area contributed by atoms with Crippen molar-refractivity contribution in [2.45, 2.75) is 41.2 Å². The second-order valence-electron chi connectivity index (χ2n) is 8.59. The summed E-state index contributed by atoms with van der Waals surface area (Å²) in [6.07, 6.45) is 4.48. The van der Waals surface area contributed by atoms with Gasteiger partial charge in [-0.05, 0) is 37.1 Å². The summed E-state index contributed by atoms with van der Waals surface area (Å²) in [5.74, 6) is 0.880. The Labute approximate surface area is 218 Å². The van der Waals surface area contributed by atoms with Crippen LogP contribution in [0, 0.1) is 0 Å². The number of fused-ring (bicyclic) bond motifs is 1. The monoisotopic (exact) mass is 544 g/mol. The van der Waals surface area contributed by atoms with E-state index < -0.39 is 10.0 Å². The minimum Gasteiger partial charge on any atom is -0.506 e. The van der Waals surface area contributed by atoms with E-state index in [2.05, 4.69) is 30.2 Å². The first-order valence-corrected chi connectivity index (χ1v) is 14.4. The fourth-order valence-electron chi connectivity index (χ4n) is 4.33. The predicted octanol–water partition coefficient (Wildman–Crippen LogP) is 5.19. The number of anilines is 2. The minimum atomic E-state index is -3.98. The summed E-state index contributed by atoms with van der Waals surface area (Å²) < 4.78 is 29.8. The Balaban J connectivity index is 1.50. The van der Waals surface area contributed by atoms with Crippen molar-refractivity contribution in [3.8, 4) is 5.75 Å². The number of benzene rings is 3.